The molecule has 0 heterocycles. The second kappa shape index (κ2) is 10.4. The Kier molecular flexibility index (Phi) is 11.1. The second-order valence-corrected chi connectivity index (χ2v) is 4.97. The number of halogens is 4. The summed E-state index contributed by atoms with van der Waals surface area (Å²) in [6.07, 6.45) is 6.57. The normalized spacial score (nSPS) is 14.4. The van der Waals surface area contributed by atoms with Crippen molar-refractivity contribution >= 4 is 46.4 Å². The monoisotopic (exact) mass is 276 g/mol. The maximum Gasteiger partial charge on any atom is 0.0382 e. The summed E-state index contributed by atoms with van der Waals surface area (Å²) in [5.74, 6) is 1.31. The van der Waals surface area contributed by atoms with Gasteiger partial charge in [0.25, 0.3) is 0 Å². The summed E-state index contributed by atoms with van der Waals surface area (Å²) in [5, 5.41) is 0.990. The summed E-state index contributed by atoms with van der Waals surface area (Å²) in [6, 6.07) is 0. The number of rotatable bonds is 8. The van der Waals surface area contributed by atoms with Crippen LogP contribution in [0.3, 0.4) is 0 Å². The van der Waals surface area contributed by atoms with Gasteiger partial charge in [0.2, 0.25) is 0 Å². The quantitative estimate of drug-likeness (QED) is 0.425. The lowest BCUT2D eigenvalue weighted by Crippen LogP contribution is -1.97. The van der Waals surface area contributed by atoms with Crippen molar-refractivity contribution in [2.45, 2.75) is 37.5 Å². The zero-order chi connectivity index (χ0) is 10.8. The van der Waals surface area contributed by atoms with Crippen molar-refractivity contribution in [1.29, 1.82) is 0 Å². The largest absolute Gasteiger partial charge is 0.127 e. The van der Waals surface area contributed by atoms with E-state index in [1.807, 2.05) is 6.08 Å². The molecular weight excluding hydrogens is 262 g/mol. The molecule has 0 aromatic heterocycles. The Bertz CT molecular complexity index is 156. The van der Waals surface area contributed by atoms with Gasteiger partial charge in [-0.05, 0) is 32.1 Å². The highest BCUT2D eigenvalue weighted by atomic mass is 35.5. The third kappa shape index (κ3) is 9.45. The van der Waals surface area contributed by atoms with E-state index < -0.39 is 0 Å². The number of unbranched alkanes of at least 4 members (excludes halogenated alkanes) is 1. The van der Waals surface area contributed by atoms with Gasteiger partial charge >= 0.3 is 0 Å². The van der Waals surface area contributed by atoms with Crippen molar-refractivity contribution in [3.8, 4) is 0 Å². The average molecular weight is 278 g/mol. The second-order valence-electron chi connectivity index (χ2n) is 3.11. The smallest absolute Gasteiger partial charge is 0.0382 e. The number of hydrogen-bond donors (Lipinski definition) is 0. The van der Waals surface area contributed by atoms with Gasteiger partial charge in [-0.2, -0.15) is 0 Å². The lowest BCUT2D eigenvalue weighted by Gasteiger charge is -2.03. The molecule has 1 atom stereocenters. The van der Waals surface area contributed by atoms with Crippen molar-refractivity contribution in [3.63, 3.8) is 0 Å². The summed E-state index contributed by atoms with van der Waals surface area (Å²) in [6.45, 7) is 0. The molecule has 0 radical (unpaired) electrons. The first-order valence-electron chi connectivity index (χ1n) is 4.81. The Morgan fingerprint density at radius 2 is 1.86 bits per heavy atom. The minimum absolute atomic E-state index is 0.106. The van der Waals surface area contributed by atoms with Gasteiger partial charge in [0.15, 0.2) is 0 Å². The highest BCUT2D eigenvalue weighted by molar-refractivity contribution is 6.29. The molecular formula is C10H16Cl4. The summed E-state index contributed by atoms with van der Waals surface area (Å²) in [7, 11) is 0. The molecule has 0 aliphatic rings. The van der Waals surface area contributed by atoms with Crippen LogP contribution in [0.15, 0.2) is 11.1 Å². The minimum Gasteiger partial charge on any atom is -0.127 e. The van der Waals surface area contributed by atoms with E-state index in [-0.39, 0.29) is 5.38 Å². The van der Waals surface area contributed by atoms with Crippen molar-refractivity contribution in [3.05, 3.63) is 11.1 Å². The molecule has 0 aromatic rings. The Labute approximate surface area is 107 Å². The molecule has 0 spiro atoms. The van der Waals surface area contributed by atoms with Crippen LogP contribution >= 0.6 is 46.4 Å². The average Bonchev–Trinajstić information content (AvgIpc) is 2.16. The van der Waals surface area contributed by atoms with Gasteiger partial charge in [-0.1, -0.05) is 17.7 Å². The van der Waals surface area contributed by atoms with Crippen LogP contribution in [-0.2, 0) is 0 Å². The van der Waals surface area contributed by atoms with Crippen LogP contribution in [0.5, 0.6) is 0 Å². The molecule has 0 rings (SSSR count). The van der Waals surface area contributed by atoms with E-state index >= 15 is 0 Å². The van der Waals surface area contributed by atoms with E-state index in [4.69, 9.17) is 46.4 Å². The first kappa shape index (κ1) is 14.9. The van der Waals surface area contributed by atoms with Crippen LogP contribution in [0.1, 0.15) is 32.1 Å². The minimum atomic E-state index is 0.106. The van der Waals surface area contributed by atoms with Crippen LogP contribution < -0.4 is 0 Å². The van der Waals surface area contributed by atoms with Gasteiger partial charge in [0.05, 0.1) is 0 Å². The molecule has 0 saturated carbocycles. The fourth-order valence-electron chi connectivity index (χ4n) is 0.982. The van der Waals surface area contributed by atoms with Crippen molar-refractivity contribution in [2.24, 2.45) is 0 Å². The van der Waals surface area contributed by atoms with Crippen LogP contribution in [0.2, 0.25) is 0 Å². The van der Waals surface area contributed by atoms with Crippen LogP contribution in [0.4, 0.5) is 0 Å². The van der Waals surface area contributed by atoms with Gasteiger partial charge in [-0.25, -0.2) is 0 Å². The summed E-state index contributed by atoms with van der Waals surface area (Å²) in [4.78, 5) is 0. The summed E-state index contributed by atoms with van der Waals surface area (Å²) >= 11 is 23.1. The fourth-order valence-corrected chi connectivity index (χ4v) is 1.97. The molecule has 0 nitrogen and oxygen atoms in total. The molecule has 0 saturated heterocycles. The summed E-state index contributed by atoms with van der Waals surface area (Å²) in [5.41, 5.74) is 0. The Morgan fingerprint density at radius 1 is 1.14 bits per heavy atom. The molecule has 0 N–H and O–H groups in total. The number of alkyl halides is 3. The van der Waals surface area contributed by atoms with E-state index in [0.29, 0.717) is 11.8 Å². The number of allylic oxidation sites excluding steroid dienone is 2. The third-order valence-electron chi connectivity index (χ3n) is 1.82. The van der Waals surface area contributed by atoms with Crippen LogP contribution in [0, 0.1) is 0 Å². The van der Waals surface area contributed by atoms with E-state index in [0.717, 1.165) is 37.1 Å². The molecule has 1 unspecified atom stereocenters. The lowest BCUT2D eigenvalue weighted by molar-refractivity contribution is 0.795. The van der Waals surface area contributed by atoms with Crippen LogP contribution in [0.25, 0.3) is 0 Å². The maximum absolute atomic E-state index is 5.99. The van der Waals surface area contributed by atoms with E-state index in [2.05, 4.69) is 0 Å². The SMILES string of the molecule is ClCCCCC(Cl)=CCC(Cl)CCCl. The van der Waals surface area contributed by atoms with E-state index in [1.54, 1.807) is 0 Å². The molecule has 0 aromatic carbocycles. The lowest BCUT2D eigenvalue weighted by atomic mass is 10.2. The molecule has 0 aliphatic heterocycles. The predicted molar refractivity (Wildman–Crippen MR) is 68.1 cm³/mol. The van der Waals surface area contributed by atoms with Crippen molar-refractivity contribution in [2.75, 3.05) is 11.8 Å². The Morgan fingerprint density at radius 3 is 2.43 bits per heavy atom. The molecule has 0 amide bonds. The molecule has 0 aliphatic carbocycles. The van der Waals surface area contributed by atoms with Crippen LogP contribution in [-0.4, -0.2) is 17.1 Å². The number of hydrogen-bond acceptors (Lipinski definition) is 0. The predicted octanol–water partition coefficient (Wildman–Crippen LogP) is 5.14. The zero-order valence-electron chi connectivity index (χ0n) is 8.12. The van der Waals surface area contributed by atoms with Gasteiger partial charge in [-0.15, -0.1) is 34.8 Å². The van der Waals surface area contributed by atoms with Gasteiger partial charge in [0, 0.05) is 22.2 Å². The molecule has 14 heavy (non-hydrogen) atoms. The molecule has 4 heteroatoms. The highest BCUT2D eigenvalue weighted by Gasteiger charge is 2.01. The molecule has 0 bridgehead atoms. The molecule has 84 valence electrons. The zero-order valence-corrected chi connectivity index (χ0v) is 11.1. The maximum atomic E-state index is 5.99. The van der Waals surface area contributed by atoms with Gasteiger partial charge in [-0.3, -0.25) is 0 Å². The van der Waals surface area contributed by atoms with E-state index in [1.165, 1.54) is 0 Å². The first-order chi connectivity index (χ1) is 6.70. The van der Waals surface area contributed by atoms with Gasteiger partial charge in [0.1, 0.15) is 0 Å². The van der Waals surface area contributed by atoms with Gasteiger partial charge < -0.3 is 0 Å². The summed E-state index contributed by atoms with van der Waals surface area (Å²) < 4.78 is 0. The topological polar surface area (TPSA) is 0 Å². The standard InChI is InChI=1S/C10H16Cl4/c11-7-2-1-3-9(13)4-5-10(14)6-8-12/h4,10H,1-3,5-8H2. The Hall–Kier alpha value is 0.900. The first-order valence-corrected chi connectivity index (χ1v) is 6.69. The van der Waals surface area contributed by atoms with Crippen molar-refractivity contribution in [1.82, 2.24) is 0 Å². The van der Waals surface area contributed by atoms with Crippen molar-refractivity contribution < 1.29 is 0 Å². The fraction of sp³-hybridized carbons (Fsp3) is 0.800. The van der Waals surface area contributed by atoms with E-state index in [9.17, 15) is 0 Å². The third-order valence-corrected chi connectivity index (χ3v) is 3.04. The molecule has 0 fully saturated rings. The Balaban J connectivity index is 3.54. The highest BCUT2D eigenvalue weighted by Crippen LogP contribution is 2.16.